The van der Waals surface area contributed by atoms with Crippen molar-refractivity contribution in [2.75, 3.05) is 5.73 Å². The topological polar surface area (TPSA) is 69.6 Å². The number of rotatable bonds is 2. The predicted octanol–water partition coefficient (Wildman–Crippen LogP) is 2.50. The summed E-state index contributed by atoms with van der Waals surface area (Å²) in [6.45, 7) is 0. The van der Waals surface area contributed by atoms with Crippen molar-refractivity contribution in [1.29, 1.82) is 0 Å². The number of benzene rings is 2. The summed E-state index contributed by atoms with van der Waals surface area (Å²) < 4.78 is 1.99. The van der Waals surface area contributed by atoms with Gasteiger partial charge < -0.3 is 5.73 Å². The van der Waals surface area contributed by atoms with Crippen LogP contribution in [-0.4, -0.2) is 19.5 Å². The largest absolute Gasteiger partial charge is 0.368 e. The number of hydrogen-bond donors (Lipinski definition) is 1. The van der Waals surface area contributed by atoms with E-state index in [0.717, 1.165) is 11.0 Å². The second-order valence-corrected chi connectivity index (χ2v) is 4.55. The summed E-state index contributed by atoms with van der Waals surface area (Å²) in [5, 5.41) is 0. The third kappa shape index (κ3) is 1.53. The van der Waals surface area contributed by atoms with Crippen LogP contribution >= 0.6 is 0 Å². The Morgan fingerprint density at radius 3 is 2.60 bits per heavy atom. The van der Waals surface area contributed by atoms with Crippen LogP contribution in [0.5, 0.6) is 0 Å². The van der Waals surface area contributed by atoms with Crippen molar-refractivity contribution >= 4 is 17.0 Å². The molecule has 20 heavy (non-hydrogen) atoms. The molecule has 0 spiro atoms. The third-order valence-electron chi connectivity index (χ3n) is 3.34. The first-order valence-corrected chi connectivity index (χ1v) is 6.27. The number of anilines is 1. The van der Waals surface area contributed by atoms with E-state index < -0.39 is 0 Å². The van der Waals surface area contributed by atoms with Gasteiger partial charge in [0.25, 0.3) is 0 Å². The Morgan fingerprint density at radius 1 is 0.950 bits per heavy atom. The van der Waals surface area contributed by atoms with Gasteiger partial charge in [-0.05, 0) is 23.8 Å². The highest BCUT2D eigenvalue weighted by Gasteiger charge is 2.15. The molecule has 4 rings (SSSR count). The van der Waals surface area contributed by atoms with Gasteiger partial charge >= 0.3 is 0 Å². The first-order chi connectivity index (χ1) is 9.83. The Balaban J connectivity index is 1.94. The van der Waals surface area contributed by atoms with Crippen LogP contribution in [-0.2, 0) is 0 Å². The lowest BCUT2D eigenvalue weighted by Gasteiger charge is -2.03. The molecule has 0 amide bonds. The minimum atomic E-state index is 0.226. The molecule has 0 radical (unpaired) electrons. The van der Waals surface area contributed by atoms with Gasteiger partial charge in [0.1, 0.15) is 6.33 Å². The lowest BCUT2D eigenvalue weighted by atomic mass is 10.1. The van der Waals surface area contributed by atoms with Gasteiger partial charge in [-0.1, -0.05) is 30.3 Å². The molecule has 1 aromatic carbocycles. The number of aromatic nitrogens is 4. The molecule has 0 saturated carbocycles. The maximum Gasteiger partial charge on any atom is 0.239 e. The average molecular weight is 261 g/mol. The quantitative estimate of drug-likeness (QED) is 0.602. The smallest absolute Gasteiger partial charge is 0.239 e. The molecular formula is C15H11N5. The first kappa shape index (κ1) is 10.9. The van der Waals surface area contributed by atoms with Crippen molar-refractivity contribution in [3.8, 4) is 17.1 Å². The van der Waals surface area contributed by atoms with E-state index in [-0.39, 0.29) is 5.95 Å². The van der Waals surface area contributed by atoms with Crippen LogP contribution in [0.3, 0.4) is 0 Å². The highest BCUT2D eigenvalue weighted by molar-refractivity contribution is 5.90. The molecule has 0 fully saturated rings. The minimum absolute atomic E-state index is 0.226. The van der Waals surface area contributed by atoms with Gasteiger partial charge in [0.2, 0.25) is 11.9 Å². The van der Waals surface area contributed by atoms with Gasteiger partial charge in [-0.25, -0.2) is 9.97 Å². The number of nitrogen functional groups attached to an aromatic ring is 1. The fraction of sp³-hybridized carbons (Fsp3) is 0. The standard InChI is InChI=1S/C15H11N5/c16-14-17-9-18-15(19-14)20-11-6-7-13(20)12(8-11)10-4-2-1-3-5-10/h1-9H,(H2,16,17,18,19). The highest BCUT2D eigenvalue weighted by atomic mass is 15.2. The molecule has 0 aliphatic heterocycles. The highest BCUT2D eigenvalue weighted by Crippen LogP contribution is 2.33. The fourth-order valence-electron chi connectivity index (χ4n) is 2.48. The Morgan fingerprint density at radius 2 is 1.80 bits per heavy atom. The molecule has 0 saturated heterocycles. The Labute approximate surface area is 115 Å². The number of nitrogens with two attached hydrogens (primary N) is 1. The van der Waals surface area contributed by atoms with E-state index in [9.17, 15) is 0 Å². The third-order valence-corrected chi connectivity index (χ3v) is 3.34. The van der Waals surface area contributed by atoms with E-state index in [0.29, 0.717) is 5.95 Å². The van der Waals surface area contributed by atoms with Crippen LogP contribution in [0.4, 0.5) is 5.95 Å². The number of nitrogens with zero attached hydrogens (tertiary/aromatic N) is 4. The fourth-order valence-corrected chi connectivity index (χ4v) is 2.48. The maximum atomic E-state index is 5.64. The number of fused-ring (bicyclic) bond motifs is 2. The lowest BCUT2D eigenvalue weighted by molar-refractivity contribution is 0.953. The summed E-state index contributed by atoms with van der Waals surface area (Å²) in [6, 6.07) is 16.5. The second-order valence-electron chi connectivity index (χ2n) is 4.55. The van der Waals surface area contributed by atoms with E-state index >= 15 is 0 Å². The van der Waals surface area contributed by atoms with Crippen molar-refractivity contribution in [2.24, 2.45) is 0 Å². The minimum Gasteiger partial charge on any atom is -0.368 e. The maximum absolute atomic E-state index is 5.64. The Kier molecular flexibility index (Phi) is 2.20. The van der Waals surface area contributed by atoms with Gasteiger partial charge in [-0.2, -0.15) is 4.98 Å². The molecule has 3 aromatic heterocycles. The summed E-state index contributed by atoms with van der Waals surface area (Å²) in [5.41, 5.74) is 10.1. The molecule has 0 unspecified atom stereocenters. The molecular weight excluding hydrogens is 250 g/mol. The van der Waals surface area contributed by atoms with Gasteiger partial charge in [0.15, 0.2) is 0 Å². The van der Waals surface area contributed by atoms with Crippen molar-refractivity contribution < 1.29 is 0 Å². The van der Waals surface area contributed by atoms with Crippen LogP contribution in [0.2, 0.25) is 0 Å². The molecule has 3 heterocycles. The summed E-state index contributed by atoms with van der Waals surface area (Å²) in [4.78, 5) is 12.2. The van der Waals surface area contributed by atoms with E-state index in [4.69, 9.17) is 5.73 Å². The first-order valence-electron chi connectivity index (χ1n) is 6.27. The molecule has 2 N–H and O–H groups in total. The zero-order valence-corrected chi connectivity index (χ0v) is 10.6. The Hall–Kier alpha value is -2.95. The monoisotopic (exact) mass is 261 g/mol. The van der Waals surface area contributed by atoms with Gasteiger partial charge in [0, 0.05) is 11.1 Å². The van der Waals surface area contributed by atoms with E-state index in [2.05, 4.69) is 39.2 Å². The van der Waals surface area contributed by atoms with E-state index in [1.807, 2.05) is 28.8 Å². The lowest BCUT2D eigenvalue weighted by Crippen LogP contribution is -2.03. The number of hydrogen-bond acceptors (Lipinski definition) is 4. The molecule has 2 bridgehead atoms. The zero-order chi connectivity index (χ0) is 13.5. The van der Waals surface area contributed by atoms with Crippen LogP contribution in [0, 0.1) is 0 Å². The predicted molar refractivity (Wildman–Crippen MR) is 77.7 cm³/mol. The molecule has 0 aliphatic rings. The van der Waals surface area contributed by atoms with Gasteiger partial charge in [-0.15, -0.1) is 0 Å². The zero-order valence-electron chi connectivity index (χ0n) is 10.6. The SMILES string of the molecule is Nc1ncnc(-n2c3ccc2c(-c2ccccc2)c3)n1. The van der Waals surface area contributed by atoms with E-state index in [1.54, 1.807) is 0 Å². The summed E-state index contributed by atoms with van der Waals surface area (Å²) in [7, 11) is 0. The average Bonchev–Trinajstić information content (AvgIpc) is 3.06. The molecule has 0 atom stereocenters. The van der Waals surface area contributed by atoms with Crippen molar-refractivity contribution in [3.63, 3.8) is 0 Å². The van der Waals surface area contributed by atoms with Crippen molar-refractivity contribution in [2.45, 2.75) is 0 Å². The molecule has 5 nitrogen and oxygen atoms in total. The van der Waals surface area contributed by atoms with E-state index in [1.165, 1.54) is 17.5 Å². The molecule has 96 valence electrons. The summed E-state index contributed by atoms with van der Waals surface area (Å²) >= 11 is 0. The summed E-state index contributed by atoms with van der Waals surface area (Å²) in [5.74, 6) is 0.776. The van der Waals surface area contributed by atoms with Crippen LogP contribution in [0.15, 0.2) is 54.9 Å². The molecule has 0 aliphatic carbocycles. The Bertz CT molecular complexity index is 866. The van der Waals surface area contributed by atoms with Crippen LogP contribution in [0.1, 0.15) is 0 Å². The normalized spacial score (nSPS) is 11.2. The molecule has 5 heteroatoms. The van der Waals surface area contributed by atoms with Crippen LogP contribution < -0.4 is 5.73 Å². The van der Waals surface area contributed by atoms with Crippen LogP contribution in [0.25, 0.3) is 28.1 Å². The van der Waals surface area contributed by atoms with Crippen molar-refractivity contribution in [3.05, 3.63) is 54.9 Å². The van der Waals surface area contributed by atoms with Crippen molar-refractivity contribution in [1.82, 2.24) is 19.5 Å². The summed E-state index contributed by atoms with van der Waals surface area (Å²) in [6.07, 6.45) is 1.43. The van der Waals surface area contributed by atoms with Gasteiger partial charge in [-0.3, -0.25) is 4.57 Å². The van der Waals surface area contributed by atoms with Gasteiger partial charge in [0.05, 0.1) is 5.52 Å². The molecule has 4 aromatic rings. The second kappa shape index (κ2) is 4.03.